The topological polar surface area (TPSA) is 76.1 Å². The molecule has 0 saturated heterocycles. The number of carbonyl (C=O) groups is 2. The van der Waals surface area contributed by atoms with Crippen molar-refractivity contribution in [3.8, 4) is 0 Å². The van der Waals surface area contributed by atoms with Crippen LogP contribution in [-0.4, -0.2) is 61.4 Å². The van der Waals surface area contributed by atoms with Crippen LogP contribution in [0.5, 0.6) is 0 Å². The second-order valence-electron chi connectivity index (χ2n) is 3.82. The molecule has 1 heterocycles. The van der Waals surface area contributed by atoms with Crippen LogP contribution < -0.4 is 0 Å². The van der Waals surface area contributed by atoms with Crippen molar-refractivity contribution >= 4 is 11.8 Å². The Kier molecular flexibility index (Phi) is 7.24. The normalized spacial score (nSPS) is 14.8. The van der Waals surface area contributed by atoms with Gasteiger partial charge in [-0.3, -0.25) is 14.5 Å². The molecule has 0 aromatic heterocycles. The first-order valence-corrected chi connectivity index (χ1v) is 6.05. The number of nitrogens with zero attached hydrogens (tertiary/aromatic N) is 1. The van der Waals surface area contributed by atoms with E-state index in [0.29, 0.717) is 33.0 Å². The first-order valence-electron chi connectivity index (χ1n) is 6.05. The minimum Gasteiger partial charge on any atom is -0.394 e. The number of imide groups is 1. The molecule has 1 aliphatic rings. The van der Waals surface area contributed by atoms with Crippen LogP contribution in [0.3, 0.4) is 0 Å². The Morgan fingerprint density at radius 1 is 0.944 bits per heavy atom. The van der Waals surface area contributed by atoms with Gasteiger partial charge in [-0.1, -0.05) is 0 Å². The molecule has 1 aliphatic heterocycles. The predicted molar refractivity (Wildman–Crippen MR) is 63.8 cm³/mol. The number of ether oxygens (including phenoxy) is 2. The van der Waals surface area contributed by atoms with Gasteiger partial charge in [-0.25, -0.2) is 0 Å². The van der Waals surface area contributed by atoms with Gasteiger partial charge in [0.25, 0.3) is 11.8 Å². The standard InChI is InChI=1S/C12H19NO5/c14-6-8-18-10-9-17-7-2-1-5-13-11(15)3-4-12(13)16/h3-4,14H,1-2,5-10H2. The van der Waals surface area contributed by atoms with Crippen molar-refractivity contribution in [3.63, 3.8) is 0 Å². The molecular weight excluding hydrogens is 238 g/mol. The Balaban J connectivity index is 1.90. The lowest BCUT2D eigenvalue weighted by molar-refractivity contribution is -0.136. The Hall–Kier alpha value is -1.24. The van der Waals surface area contributed by atoms with Gasteiger partial charge in [-0.2, -0.15) is 0 Å². The number of hydrogen-bond donors (Lipinski definition) is 1. The van der Waals surface area contributed by atoms with Gasteiger partial charge in [0.05, 0.1) is 26.4 Å². The fraction of sp³-hybridized carbons (Fsp3) is 0.667. The molecule has 0 unspecified atom stereocenters. The largest absolute Gasteiger partial charge is 0.394 e. The highest BCUT2D eigenvalue weighted by atomic mass is 16.5. The van der Waals surface area contributed by atoms with Crippen LogP contribution in [0.4, 0.5) is 0 Å². The zero-order valence-electron chi connectivity index (χ0n) is 10.3. The van der Waals surface area contributed by atoms with E-state index in [0.717, 1.165) is 12.8 Å². The average molecular weight is 257 g/mol. The second-order valence-corrected chi connectivity index (χ2v) is 3.82. The highest BCUT2D eigenvalue weighted by Crippen LogP contribution is 2.05. The number of hydrogen-bond acceptors (Lipinski definition) is 5. The highest BCUT2D eigenvalue weighted by molar-refractivity contribution is 6.12. The molecule has 6 heteroatoms. The monoisotopic (exact) mass is 257 g/mol. The maximum absolute atomic E-state index is 11.2. The van der Waals surface area contributed by atoms with E-state index >= 15 is 0 Å². The van der Waals surface area contributed by atoms with Crippen molar-refractivity contribution in [1.82, 2.24) is 4.90 Å². The van der Waals surface area contributed by atoms with E-state index in [4.69, 9.17) is 14.6 Å². The van der Waals surface area contributed by atoms with Crippen molar-refractivity contribution in [1.29, 1.82) is 0 Å². The summed E-state index contributed by atoms with van der Waals surface area (Å²) in [7, 11) is 0. The summed E-state index contributed by atoms with van der Waals surface area (Å²) in [6, 6.07) is 0. The van der Waals surface area contributed by atoms with Gasteiger partial charge in [0.2, 0.25) is 0 Å². The molecule has 0 bridgehead atoms. The lowest BCUT2D eigenvalue weighted by Gasteiger charge is -2.13. The van der Waals surface area contributed by atoms with Crippen LogP contribution in [-0.2, 0) is 19.1 Å². The lowest BCUT2D eigenvalue weighted by atomic mass is 10.3. The summed E-state index contributed by atoms with van der Waals surface area (Å²) in [5.41, 5.74) is 0. The summed E-state index contributed by atoms with van der Waals surface area (Å²) in [6.07, 6.45) is 4.10. The zero-order valence-corrected chi connectivity index (χ0v) is 10.3. The molecule has 0 aliphatic carbocycles. The minimum absolute atomic E-state index is 0.0198. The first kappa shape index (κ1) is 14.8. The molecule has 1 rings (SSSR count). The zero-order chi connectivity index (χ0) is 13.2. The summed E-state index contributed by atoms with van der Waals surface area (Å²) < 4.78 is 10.3. The molecule has 1 N–H and O–H groups in total. The summed E-state index contributed by atoms with van der Waals surface area (Å²) in [6.45, 7) is 2.32. The van der Waals surface area contributed by atoms with Crippen LogP contribution in [0, 0.1) is 0 Å². The van der Waals surface area contributed by atoms with E-state index in [9.17, 15) is 9.59 Å². The Labute approximate surface area is 106 Å². The molecule has 0 atom stereocenters. The van der Waals surface area contributed by atoms with Crippen LogP contribution in [0.2, 0.25) is 0 Å². The summed E-state index contributed by atoms with van der Waals surface area (Å²) in [5, 5.41) is 8.46. The van der Waals surface area contributed by atoms with E-state index in [1.165, 1.54) is 17.1 Å². The van der Waals surface area contributed by atoms with Crippen molar-refractivity contribution in [2.75, 3.05) is 39.6 Å². The SMILES string of the molecule is O=C1C=CC(=O)N1CCCCOCCOCCO. The molecule has 0 radical (unpaired) electrons. The van der Waals surface area contributed by atoms with Gasteiger partial charge in [0.1, 0.15) is 0 Å². The molecule has 0 aromatic carbocycles. The summed E-state index contributed by atoms with van der Waals surface area (Å²) in [5.74, 6) is -0.475. The maximum Gasteiger partial charge on any atom is 0.253 e. The average Bonchev–Trinajstić information content (AvgIpc) is 2.68. The second kappa shape index (κ2) is 8.79. The lowest BCUT2D eigenvalue weighted by Crippen LogP contribution is -2.31. The van der Waals surface area contributed by atoms with Gasteiger partial charge in [0, 0.05) is 25.3 Å². The minimum atomic E-state index is -0.238. The predicted octanol–water partition coefficient (Wildman–Crippen LogP) is -0.283. The summed E-state index contributed by atoms with van der Waals surface area (Å²) in [4.78, 5) is 23.6. The number of aliphatic hydroxyl groups excluding tert-OH is 1. The number of rotatable bonds is 10. The molecule has 18 heavy (non-hydrogen) atoms. The molecule has 6 nitrogen and oxygen atoms in total. The number of amides is 2. The Morgan fingerprint density at radius 3 is 2.17 bits per heavy atom. The van der Waals surface area contributed by atoms with E-state index in [1.807, 2.05) is 0 Å². The van der Waals surface area contributed by atoms with E-state index in [-0.39, 0.29) is 18.4 Å². The van der Waals surface area contributed by atoms with Gasteiger partial charge < -0.3 is 14.6 Å². The van der Waals surface area contributed by atoms with E-state index in [1.54, 1.807) is 0 Å². The van der Waals surface area contributed by atoms with Crippen LogP contribution in [0.25, 0.3) is 0 Å². The fourth-order valence-corrected chi connectivity index (χ4v) is 1.51. The molecule has 0 spiro atoms. The van der Waals surface area contributed by atoms with Gasteiger partial charge in [-0.15, -0.1) is 0 Å². The van der Waals surface area contributed by atoms with Crippen LogP contribution in [0.1, 0.15) is 12.8 Å². The Bertz CT molecular complexity index is 285. The number of carbonyl (C=O) groups excluding carboxylic acids is 2. The van der Waals surface area contributed by atoms with Crippen LogP contribution in [0.15, 0.2) is 12.2 Å². The van der Waals surface area contributed by atoms with Crippen molar-refractivity contribution in [2.24, 2.45) is 0 Å². The van der Waals surface area contributed by atoms with Gasteiger partial charge >= 0.3 is 0 Å². The van der Waals surface area contributed by atoms with Crippen LogP contribution >= 0.6 is 0 Å². The van der Waals surface area contributed by atoms with Crippen molar-refractivity contribution in [3.05, 3.63) is 12.2 Å². The third kappa shape index (κ3) is 5.39. The molecule has 102 valence electrons. The summed E-state index contributed by atoms with van der Waals surface area (Å²) >= 11 is 0. The fourth-order valence-electron chi connectivity index (χ4n) is 1.51. The van der Waals surface area contributed by atoms with E-state index in [2.05, 4.69) is 0 Å². The quantitative estimate of drug-likeness (QED) is 0.430. The molecule has 0 aromatic rings. The smallest absolute Gasteiger partial charge is 0.253 e. The number of unbranched alkanes of at least 4 members (excludes halogenated alkanes) is 1. The van der Waals surface area contributed by atoms with E-state index < -0.39 is 0 Å². The highest BCUT2D eigenvalue weighted by Gasteiger charge is 2.21. The maximum atomic E-state index is 11.2. The third-order valence-corrected chi connectivity index (χ3v) is 2.43. The molecule has 2 amide bonds. The van der Waals surface area contributed by atoms with Crippen molar-refractivity contribution in [2.45, 2.75) is 12.8 Å². The molecule has 0 saturated carbocycles. The Morgan fingerprint density at radius 2 is 1.56 bits per heavy atom. The van der Waals surface area contributed by atoms with Gasteiger partial charge in [-0.05, 0) is 12.8 Å². The number of aliphatic hydroxyl groups is 1. The molecular formula is C12H19NO5. The van der Waals surface area contributed by atoms with Crippen molar-refractivity contribution < 1.29 is 24.2 Å². The molecule has 0 fully saturated rings. The first-order chi connectivity index (χ1) is 8.75. The van der Waals surface area contributed by atoms with Gasteiger partial charge in [0.15, 0.2) is 0 Å². The third-order valence-electron chi connectivity index (χ3n) is 2.43.